The number of nitrogens with one attached hydrogen (secondary N) is 1. The zero-order valence-electron chi connectivity index (χ0n) is 9.67. The molecule has 82 valence electrons. The van der Waals surface area contributed by atoms with Crippen molar-refractivity contribution >= 4 is 22.1 Å². The number of hydrogen-bond acceptors (Lipinski definition) is 2. The zero-order chi connectivity index (χ0) is 11.3. The highest BCUT2D eigenvalue weighted by atomic mass is 15.0. The fourth-order valence-electron chi connectivity index (χ4n) is 2.54. The topological polar surface area (TPSA) is 38.0 Å². The van der Waals surface area contributed by atoms with Crippen LogP contribution in [0.25, 0.3) is 10.8 Å². The van der Waals surface area contributed by atoms with E-state index in [1.165, 1.54) is 22.0 Å². The lowest BCUT2D eigenvalue weighted by Crippen LogP contribution is -2.26. The summed E-state index contributed by atoms with van der Waals surface area (Å²) in [5.41, 5.74) is 9.65. The summed E-state index contributed by atoms with van der Waals surface area (Å²) in [6.07, 6.45) is 1.06. The highest BCUT2D eigenvalue weighted by molar-refractivity contribution is 5.96. The third-order valence-electron chi connectivity index (χ3n) is 3.24. The molecule has 3 N–H and O–H groups in total. The van der Waals surface area contributed by atoms with Crippen LogP contribution >= 0.6 is 0 Å². The number of nitrogen functional groups attached to an aromatic ring is 1. The Morgan fingerprint density at radius 2 is 2.06 bits per heavy atom. The monoisotopic (exact) mass is 212 g/mol. The molecule has 3 rings (SSSR count). The van der Waals surface area contributed by atoms with Crippen molar-refractivity contribution in [3.05, 3.63) is 35.9 Å². The van der Waals surface area contributed by atoms with E-state index in [1.807, 2.05) is 12.1 Å². The second-order valence-electron chi connectivity index (χ2n) is 5.26. The van der Waals surface area contributed by atoms with Crippen molar-refractivity contribution < 1.29 is 0 Å². The van der Waals surface area contributed by atoms with E-state index in [2.05, 4.69) is 37.4 Å². The quantitative estimate of drug-likeness (QED) is 0.658. The third kappa shape index (κ3) is 1.33. The van der Waals surface area contributed by atoms with E-state index >= 15 is 0 Å². The third-order valence-corrected chi connectivity index (χ3v) is 3.24. The molecule has 0 aromatic heterocycles. The van der Waals surface area contributed by atoms with Gasteiger partial charge in [-0.25, -0.2) is 0 Å². The van der Waals surface area contributed by atoms with Crippen LogP contribution in [0.3, 0.4) is 0 Å². The van der Waals surface area contributed by atoms with Gasteiger partial charge in [0.05, 0.1) is 0 Å². The average Bonchev–Trinajstić information content (AvgIpc) is 2.48. The molecule has 0 spiro atoms. The highest BCUT2D eigenvalue weighted by Gasteiger charge is 2.27. The Bertz CT molecular complexity index is 570. The summed E-state index contributed by atoms with van der Waals surface area (Å²) in [6, 6.07) is 10.5. The molecule has 0 bridgehead atoms. The molecule has 0 radical (unpaired) electrons. The standard InChI is InChI=1S/C14H16N2/c1-14(2)8-10-6-11-9(7-13(10)16-14)4-3-5-12(11)15/h3-7,16H,8,15H2,1-2H3. The molecular weight excluding hydrogens is 196 g/mol. The molecule has 2 nitrogen and oxygen atoms in total. The summed E-state index contributed by atoms with van der Waals surface area (Å²) in [4.78, 5) is 0. The van der Waals surface area contributed by atoms with Gasteiger partial charge >= 0.3 is 0 Å². The maximum Gasteiger partial charge on any atom is 0.0393 e. The lowest BCUT2D eigenvalue weighted by Gasteiger charge is -2.17. The van der Waals surface area contributed by atoms with E-state index in [1.54, 1.807) is 0 Å². The predicted molar refractivity (Wildman–Crippen MR) is 69.8 cm³/mol. The van der Waals surface area contributed by atoms with E-state index in [9.17, 15) is 0 Å². The lowest BCUT2D eigenvalue weighted by atomic mass is 9.98. The van der Waals surface area contributed by atoms with Crippen molar-refractivity contribution in [3.63, 3.8) is 0 Å². The summed E-state index contributed by atoms with van der Waals surface area (Å²) in [5.74, 6) is 0. The molecule has 1 heterocycles. The molecule has 0 atom stereocenters. The molecule has 0 aliphatic carbocycles. The molecule has 0 unspecified atom stereocenters. The van der Waals surface area contributed by atoms with Crippen molar-refractivity contribution in [2.45, 2.75) is 25.8 Å². The minimum atomic E-state index is 0.161. The normalized spacial score (nSPS) is 17.1. The van der Waals surface area contributed by atoms with Crippen LogP contribution in [-0.2, 0) is 6.42 Å². The van der Waals surface area contributed by atoms with Crippen LogP contribution in [0, 0.1) is 0 Å². The van der Waals surface area contributed by atoms with Gasteiger partial charge in [0.2, 0.25) is 0 Å². The first kappa shape index (κ1) is 9.52. The van der Waals surface area contributed by atoms with Crippen molar-refractivity contribution in [3.8, 4) is 0 Å². The van der Waals surface area contributed by atoms with Crippen molar-refractivity contribution in [1.82, 2.24) is 0 Å². The molecule has 1 aliphatic heterocycles. The van der Waals surface area contributed by atoms with E-state index in [0.29, 0.717) is 0 Å². The number of benzene rings is 2. The largest absolute Gasteiger partial charge is 0.398 e. The maximum absolute atomic E-state index is 6.00. The van der Waals surface area contributed by atoms with Crippen LogP contribution in [0.1, 0.15) is 19.4 Å². The van der Waals surface area contributed by atoms with Gasteiger partial charge in [-0.2, -0.15) is 0 Å². The number of anilines is 2. The fraction of sp³-hybridized carbons (Fsp3) is 0.286. The lowest BCUT2D eigenvalue weighted by molar-refractivity contribution is 0.594. The minimum absolute atomic E-state index is 0.161. The number of rotatable bonds is 0. The van der Waals surface area contributed by atoms with E-state index in [0.717, 1.165) is 12.1 Å². The maximum atomic E-state index is 6.00. The van der Waals surface area contributed by atoms with Gasteiger partial charge in [-0.05, 0) is 49.4 Å². The Morgan fingerprint density at radius 3 is 2.88 bits per heavy atom. The number of nitrogens with two attached hydrogens (primary N) is 1. The Balaban J connectivity index is 2.26. The average molecular weight is 212 g/mol. The number of fused-ring (bicyclic) bond motifs is 2. The second kappa shape index (κ2) is 2.91. The van der Waals surface area contributed by atoms with Gasteiger partial charge in [-0.15, -0.1) is 0 Å². The molecule has 2 aromatic carbocycles. The van der Waals surface area contributed by atoms with E-state index < -0.39 is 0 Å². The molecule has 16 heavy (non-hydrogen) atoms. The Hall–Kier alpha value is -1.70. The van der Waals surface area contributed by atoms with Gasteiger partial charge in [-0.3, -0.25) is 0 Å². The van der Waals surface area contributed by atoms with Crippen LogP contribution in [0.4, 0.5) is 11.4 Å². The molecule has 2 aromatic rings. The smallest absolute Gasteiger partial charge is 0.0393 e. The molecule has 0 saturated heterocycles. The Labute approximate surface area is 95.5 Å². The van der Waals surface area contributed by atoms with E-state index in [4.69, 9.17) is 5.73 Å². The molecule has 0 fully saturated rings. The fourth-order valence-corrected chi connectivity index (χ4v) is 2.54. The van der Waals surface area contributed by atoms with Gasteiger partial charge in [0, 0.05) is 22.3 Å². The van der Waals surface area contributed by atoms with Crippen LogP contribution in [0.5, 0.6) is 0 Å². The predicted octanol–water partition coefficient (Wildman–Crippen LogP) is 3.17. The first-order valence-corrected chi connectivity index (χ1v) is 5.64. The van der Waals surface area contributed by atoms with Gasteiger partial charge in [0.15, 0.2) is 0 Å². The van der Waals surface area contributed by atoms with Crippen molar-refractivity contribution in [2.75, 3.05) is 11.1 Å². The zero-order valence-corrected chi connectivity index (χ0v) is 9.67. The summed E-state index contributed by atoms with van der Waals surface area (Å²) in [6.45, 7) is 4.45. The van der Waals surface area contributed by atoms with Gasteiger partial charge in [0.1, 0.15) is 0 Å². The van der Waals surface area contributed by atoms with Crippen LogP contribution in [0.2, 0.25) is 0 Å². The van der Waals surface area contributed by atoms with Crippen molar-refractivity contribution in [1.29, 1.82) is 0 Å². The summed E-state index contributed by atoms with van der Waals surface area (Å²) >= 11 is 0. The molecule has 2 heteroatoms. The minimum Gasteiger partial charge on any atom is -0.398 e. The summed E-state index contributed by atoms with van der Waals surface area (Å²) < 4.78 is 0. The summed E-state index contributed by atoms with van der Waals surface area (Å²) in [7, 11) is 0. The summed E-state index contributed by atoms with van der Waals surface area (Å²) in [5, 5.41) is 5.92. The van der Waals surface area contributed by atoms with Gasteiger partial charge in [-0.1, -0.05) is 12.1 Å². The Morgan fingerprint density at radius 1 is 1.25 bits per heavy atom. The molecule has 0 saturated carbocycles. The van der Waals surface area contributed by atoms with Crippen LogP contribution in [-0.4, -0.2) is 5.54 Å². The van der Waals surface area contributed by atoms with E-state index in [-0.39, 0.29) is 5.54 Å². The molecular formula is C14H16N2. The van der Waals surface area contributed by atoms with Crippen LogP contribution < -0.4 is 11.1 Å². The van der Waals surface area contributed by atoms with Gasteiger partial charge < -0.3 is 11.1 Å². The Kier molecular flexibility index (Phi) is 1.73. The molecule has 0 amide bonds. The van der Waals surface area contributed by atoms with Crippen LogP contribution in [0.15, 0.2) is 30.3 Å². The molecule has 1 aliphatic rings. The second-order valence-corrected chi connectivity index (χ2v) is 5.26. The van der Waals surface area contributed by atoms with Crippen molar-refractivity contribution in [2.24, 2.45) is 0 Å². The SMILES string of the molecule is CC1(C)Cc2cc3c(N)cccc3cc2N1. The first-order chi connectivity index (χ1) is 7.55. The number of hydrogen-bond donors (Lipinski definition) is 2. The van der Waals surface area contributed by atoms with Gasteiger partial charge in [0.25, 0.3) is 0 Å². The highest BCUT2D eigenvalue weighted by Crippen LogP contribution is 2.36. The first-order valence-electron chi connectivity index (χ1n) is 5.64.